The number of aliphatic hydroxyl groups excluding tert-OH is 1. The smallest absolute Gasteiger partial charge is 0.313 e. The molecule has 3 heterocycles. The monoisotopic (exact) mass is 609 g/mol. The summed E-state index contributed by atoms with van der Waals surface area (Å²) in [4.78, 5) is 58.3. The molecule has 10 nitrogen and oxygen atoms in total. The first-order valence-corrected chi connectivity index (χ1v) is 15.7. The van der Waals surface area contributed by atoms with E-state index in [4.69, 9.17) is 9.47 Å². The largest absolute Gasteiger partial charge is 0.455 e. The van der Waals surface area contributed by atoms with Crippen molar-refractivity contribution in [2.75, 3.05) is 19.7 Å². The Hall–Kier alpha value is -3.50. The van der Waals surface area contributed by atoms with Gasteiger partial charge in [0.15, 0.2) is 0 Å². The average Bonchev–Trinajstić information content (AvgIpc) is 3.64. The Morgan fingerprint density at radius 1 is 1.18 bits per heavy atom. The molecule has 0 aliphatic carbocycles. The van der Waals surface area contributed by atoms with Gasteiger partial charge in [0, 0.05) is 19.0 Å². The van der Waals surface area contributed by atoms with Gasteiger partial charge in [-0.05, 0) is 44.6 Å². The van der Waals surface area contributed by atoms with Crippen molar-refractivity contribution in [2.45, 2.75) is 89.3 Å². The lowest BCUT2D eigenvalue weighted by Gasteiger charge is -2.41. The van der Waals surface area contributed by atoms with Crippen LogP contribution in [0.2, 0.25) is 0 Å². The van der Waals surface area contributed by atoms with Crippen molar-refractivity contribution < 1.29 is 33.8 Å². The van der Waals surface area contributed by atoms with E-state index in [1.807, 2.05) is 58.0 Å². The molecular formula is C34H47N3O7. The van der Waals surface area contributed by atoms with Gasteiger partial charge in [0.05, 0.1) is 37.1 Å². The Morgan fingerprint density at radius 2 is 1.89 bits per heavy atom. The minimum Gasteiger partial charge on any atom is -0.455 e. The zero-order valence-electron chi connectivity index (χ0n) is 26.3. The molecule has 4 rings (SSSR count). The predicted molar refractivity (Wildman–Crippen MR) is 165 cm³/mol. The number of carbonyl (C=O) groups is 4. The van der Waals surface area contributed by atoms with Crippen LogP contribution in [0.3, 0.4) is 0 Å². The van der Waals surface area contributed by atoms with Gasteiger partial charge in [0.1, 0.15) is 17.7 Å². The fourth-order valence-corrected chi connectivity index (χ4v) is 7.11. The Kier molecular flexibility index (Phi) is 10.7. The Labute approximate surface area is 260 Å². The number of nitrogens with zero attached hydrogens (tertiary/aromatic N) is 2. The summed E-state index contributed by atoms with van der Waals surface area (Å²) in [5.41, 5.74) is -0.520. The molecule has 1 aromatic rings. The molecule has 2 N–H and O–H groups in total. The van der Waals surface area contributed by atoms with Crippen molar-refractivity contribution in [1.82, 2.24) is 15.1 Å². The summed E-state index contributed by atoms with van der Waals surface area (Å²) < 4.78 is 12.7. The van der Waals surface area contributed by atoms with Gasteiger partial charge in [0.25, 0.3) is 0 Å². The molecular weight excluding hydrogens is 562 g/mol. The third-order valence-corrected chi connectivity index (χ3v) is 9.28. The van der Waals surface area contributed by atoms with Crippen molar-refractivity contribution >= 4 is 23.7 Å². The van der Waals surface area contributed by atoms with Gasteiger partial charge < -0.3 is 29.7 Å². The number of nitrogens with one attached hydrogen (secondary N) is 1. The molecule has 2 bridgehead atoms. The highest BCUT2D eigenvalue weighted by atomic mass is 16.6. The van der Waals surface area contributed by atoms with Gasteiger partial charge in [-0.3, -0.25) is 19.2 Å². The molecule has 1 spiro atoms. The molecule has 0 saturated carbocycles. The average molecular weight is 610 g/mol. The van der Waals surface area contributed by atoms with E-state index in [1.54, 1.807) is 17.1 Å². The quantitative estimate of drug-likeness (QED) is 0.231. The number of hydrogen-bond acceptors (Lipinski definition) is 7. The Morgan fingerprint density at radius 3 is 2.48 bits per heavy atom. The number of aliphatic hydroxyl groups is 1. The van der Waals surface area contributed by atoms with E-state index in [9.17, 15) is 24.3 Å². The lowest BCUT2D eigenvalue weighted by Crippen LogP contribution is -2.60. The Balaban J connectivity index is 1.68. The molecule has 240 valence electrons. The summed E-state index contributed by atoms with van der Waals surface area (Å²) in [6, 6.07) is 7.31. The standard InChI is InChI=1S/C34H47N3O7/c1-7-9-15-27(39)35-19-26(23-13-11-10-12-14-23)43-33(42)28-25-16-17-34(44-25)29(28)31(40)37(24(20-38)21(3)4)30(34)32(41)36(18-8-2)22(5)6/h7-8,10-14,21-22,24-26,28-30,38H,1-2,9,15-20H2,3-6H3,(H,35,39)/t24-,25+,26+,28-,29-,30+,34-/m0/s1. The molecule has 3 aliphatic heterocycles. The van der Waals surface area contributed by atoms with Crippen LogP contribution in [-0.4, -0.2) is 88.1 Å². The maximum absolute atomic E-state index is 14.4. The molecule has 7 atom stereocenters. The summed E-state index contributed by atoms with van der Waals surface area (Å²) in [6.07, 6.45) is 3.64. The first kappa shape index (κ1) is 33.4. The third kappa shape index (κ3) is 6.19. The van der Waals surface area contributed by atoms with Gasteiger partial charge >= 0.3 is 5.97 Å². The van der Waals surface area contributed by atoms with Crippen LogP contribution in [0.25, 0.3) is 0 Å². The second kappa shape index (κ2) is 14.1. The first-order chi connectivity index (χ1) is 21.0. The van der Waals surface area contributed by atoms with Crippen molar-refractivity contribution in [2.24, 2.45) is 17.8 Å². The molecule has 1 aromatic carbocycles. The lowest BCUT2D eigenvalue weighted by atomic mass is 9.70. The second-order valence-corrected chi connectivity index (χ2v) is 12.6. The number of rotatable bonds is 15. The summed E-state index contributed by atoms with van der Waals surface area (Å²) in [5.74, 6) is -3.48. The van der Waals surface area contributed by atoms with Crippen molar-refractivity contribution in [1.29, 1.82) is 0 Å². The maximum Gasteiger partial charge on any atom is 0.313 e. The molecule has 3 amide bonds. The van der Waals surface area contributed by atoms with Gasteiger partial charge in [-0.1, -0.05) is 56.3 Å². The number of ether oxygens (including phenoxy) is 2. The number of fused-ring (bicyclic) bond motifs is 1. The third-order valence-electron chi connectivity index (χ3n) is 9.28. The van der Waals surface area contributed by atoms with Crippen LogP contribution in [0, 0.1) is 17.8 Å². The van der Waals surface area contributed by atoms with Crippen LogP contribution in [0.15, 0.2) is 55.6 Å². The normalized spacial score (nSPS) is 26.8. The summed E-state index contributed by atoms with van der Waals surface area (Å²) in [5, 5.41) is 13.3. The first-order valence-electron chi connectivity index (χ1n) is 15.7. The number of likely N-dealkylation sites (tertiary alicyclic amines) is 1. The molecule has 44 heavy (non-hydrogen) atoms. The minimum absolute atomic E-state index is 0.0613. The van der Waals surface area contributed by atoms with E-state index in [2.05, 4.69) is 18.5 Å². The van der Waals surface area contributed by atoms with Crippen LogP contribution in [0.5, 0.6) is 0 Å². The number of allylic oxidation sites excluding steroid dienone is 1. The van der Waals surface area contributed by atoms with E-state index in [0.29, 0.717) is 24.8 Å². The molecule has 3 saturated heterocycles. The molecule has 0 aromatic heterocycles. The van der Waals surface area contributed by atoms with Crippen LogP contribution < -0.4 is 5.32 Å². The highest BCUT2D eigenvalue weighted by Gasteiger charge is 2.76. The van der Waals surface area contributed by atoms with Crippen LogP contribution in [-0.2, 0) is 28.7 Å². The minimum atomic E-state index is -1.22. The van der Waals surface area contributed by atoms with Gasteiger partial charge in [-0.15, -0.1) is 13.2 Å². The SMILES string of the molecule is C=CCCC(=O)NC[C@@H](OC(=O)[C@@H]1[C@H]2C(=O)N([C@@H](CO)C(C)C)[C@H](C(=O)N(CC=C)C(C)C)[C@]23CC[C@H]1O3)c1ccccc1. The van der Waals surface area contributed by atoms with Crippen molar-refractivity contribution in [3.8, 4) is 0 Å². The number of esters is 1. The van der Waals surface area contributed by atoms with Crippen LogP contribution >= 0.6 is 0 Å². The maximum atomic E-state index is 14.4. The Bertz CT molecular complexity index is 1230. The second-order valence-electron chi connectivity index (χ2n) is 12.6. The van der Waals surface area contributed by atoms with Crippen LogP contribution in [0.4, 0.5) is 0 Å². The van der Waals surface area contributed by atoms with Gasteiger partial charge in [-0.2, -0.15) is 0 Å². The van der Waals surface area contributed by atoms with E-state index in [0.717, 1.165) is 0 Å². The van der Waals surface area contributed by atoms with E-state index in [-0.39, 0.29) is 55.8 Å². The fraction of sp³-hybridized carbons (Fsp3) is 0.588. The number of carbonyl (C=O) groups excluding carboxylic acids is 4. The summed E-state index contributed by atoms with van der Waals surface area (Å²) >= 11 is 0. The molecule has 10 heteroatoms. The predicted octanol–water partition coefficient (Wildman–Crippen LogP) is 3.17. The molecule has 0 radical (unpaired) electrons. The van der Waals surface area contributed by atoms with Crippen molar-refractivity contribution in [3.63, 3.8) is 0 Å². The van der Waals surface area contributed by atoms with E-state index >= 15 is 0 Å². The van der Waals surface area contributed by atoms with Gasteiger partial charge in [-0.25, -0.2) is 0 Å². The van der Waals surface area contributed by atoms with E-state index in [1.165, 1.54) is 4.90 Å². The summed E-state index contributed by atoms with van der Waals surface area (Å²) in [6.45, 7) is 15.1. The van der Waals surface area contributed by atoms with E-state index < -0.39 is 47.7 Å². The molecule has 3 fully saturated rings. The molecule has 3 aliphatic rings. The van der Waals surface area contributed by atoms with Gasteiger partial charge in [0.2, 0.25) is 17.7 Å². The number of hydrogen-bond donors (Lipinski definition) is 2. The number of amides is 3. The zero-order valence-corrected chi connectivity index (χ0v) is 26.3. The summed E-state index contributed by atoms with van der Waals surface area (Å²) in [7, 11) is 0. The van der Waals surface area contributed by atoms with Crippen LogP contribution in [0.1, 0.15) is 65.0 Å². The number of benzene rings is 1. The highest BCUT2D eigenvalue weighted by Crippen LogP contribution is 2.59. The molecule has 0 unspecified atom stereocenters. The fourth-order valence-electron chi connectivity index (χ4n) is 7.11. The highest BCUT2D eigenvalue weighted by molar-refractivity contribution is 5.98. The van der Waals surface area contributed by atoms with Crippen molar-refractivity contribution in [3.05, 3.63) is 61.2 Å². The zero-order chi connectivity index (χ0) is 32.2. The topological polar surface area (TPSA) is 125 Å². The lowest BCUT2D eigenvalue weighted by molar-refractivity contribution is -0.161.